The van der Waals surface area contributed by atoms with Gasteiger partial charge in [0.2, 0.25) is 0 Å². The van der Waals surface area contributed by atoms with Crippen molar-refractivity contribution in [3.05, 3.63) is 34.9 Å². The summed E-state index contributed by atoms with van der Waals surface area (Å²) >= 11 is 0. The smallest absolute Gasteiger partial charge is 0.254 e. The van der Waals surface area contributed by atoms with Gasteiger partial charge in [-0.2, -0.15) is 0 Å². The molecule has 3 heteroatoms. The Kier molecular flexibility index (Phi) is 3.08. The molecule has 1 heterocycles. The van der Waals surface area contributed by atoms with Crippen molar-refractivity contribution in [1.29, 1.82) is 0 Å². The molecule has 1 aromatic carbocycles. The molecule has 1 aliphatic carbocycles. The van der Waals surface area contributed by atoms with Crippen molar-refractivity contribution in [1.82, 2.24) is 10.2 Å². The number of hydrogen-bond donors (Lipinski definition) is 1. The van der Waals surface area contributed by atoms with Crippen molar-refractivity contribution in [2.45, 2.75) is 38.3 Å². The zero-order valence-corrected chi connectivity index (χ0v) is 10.9. The Labute approximate surface area is 108 Å². The summed E-state index contributed by atoms with van der Waals surface area (Å²) in [6.45, 7) is 1.87. The fourth-order valence-electron chi connectivity index (χ4n) is 2.86. The normalized spacial score (nSPS) is 18.9. The maximum absolute atomic E-state index is 12.6. The molecular weight excluding hydrogens is 224 g/mol. The van der Waals surface area contributed by atoms with E-state index < -0.39 is 0 Å². The highest BCUT2D eigenvalue weighted by Crippen LogP contribution is 2.26. The van der Waals surface area contributed by atoms with E-state index in [-0.39, 0.29) is 5.91 Å². The third-order valence-corrected chi connectivity index (χ3v) is 4.31. The molecule has 3 nitrogen and oxygen atoms in total. The first-order chi connectivity index (χ1) is 8.77. The Morgan fingerprint density at radius 1 is 1.39 bits per heavy atom. The van der Waals surface area contributed by atoms with Crippen LogP contribution in [0.15, 0.2) is 18.2 Å². The Balaban J connectivity index is 1.89. The first-order valence-electron chi connectivity index (χ1n) is 6.86. The fourth-order valence-corrected chi connectivity index (χ4v) is 2.86. The maximum Gasteiger partial charge on any atom is 0.254 e. The van der Waals surface area contributed by atoms with E-state index in [0.29, 0.717) is 6.04 Å². The van der Waals surface area contributed by atoms with Crippen molar-refractivity contribution in [2.24, 2.45) is 0 Å². The fraction of sp³-hybridized carbons (Fsp3) is 0.533. The van der Waals surface area contributed by atoms with Crippen molar-refractivity contribution in [2.75, 3.05) is 13.6 Å². The Morgan fingerprint density at radius 3 is 2.94 bits per heavy atom. The van der Waals surface area contributed by atoms with Crippen molar-refractivity contribution >= 4 is 5.91 Å². The summed E-state index contributed by atoms with van der Waals surface area (Å²) in [7, 11) is 1.95. The Morgan fingerprint density at radius 2 is 2.22 bits per heavy atom. The van der Waals surface area contributed by atoms with Gasteiger partial charge in [0.1, 0.15) is 0 Å². The highest BCUT2D eigenvalue weighted by Gasteiger charge is 2.28. The maximum atomic E-state index is 12.6. The molecule has 1 N–H and O–H groups in total. The Bertz CT molecular complexity index is 466. The van der Waals surface area contributed by atoms with Gasteiger partial charge in [0.25, 0.3) is 5.91 Å². The van der Waals surface area contributed by atoms with E-state index in [4.69, 9.17) is 0 Å². The quantitative estimate of drug-likeness (QED) is 0.862. The third-order valence-electron chi connectivity index (χ3n) is 4.31. The largest absolute Gasteiger partial charge is 0.339 e. The minimum atomic E-state index is 0.207. The van der Waals surface area contributed by atoms with Crippen LogP contribution < -0.4 is 5.32 Å². The van der Waals surface area contributed by atoms with Gasteiger partial charge in [-0.05, 0) is 49.4 Å². The molecule has 0 saturated heterocycles. The minimum Gasteiger partial charge on any atom is -0.339 e. The predicted octanol–water partition coefficient (Wildman–Crippen LogP) is 1.96. The van der Waals surface area contributed by atoms with E-state index in [1.807, 2.05) is 24.1 Å². The SMILES string of the molecule is CN(C(=O)c1cccc2c1CCNC2)C1CCC1. The number of carbonyl (C=O) groups is 1. The molecular formula is C15H20N2O. The summed E-state index contributed by atoms with van der Waals surface area (Å²) in [5.74, 6) is 0.207. The summed E-state index contributed by atoms with van der Waals surface area (Å²) < 4.78 is 0. The second-order valence-corrected chi connectivity index (χ2v) is 5.37. The van der Waals surface area contributed by atoms with Crippen LogP contribution in [0.2, 0.25) is 0 Å². The average molecular weight is 244 g/mol. The number of fused-ring (bicyclic) bond motifs is 1. The zero-order chi connectivity index (χ0) is 12.5. The molecule has 1 amide bonds. The van der Waals surface area contributed by atoms with Crippen LogP contribution in [0.1, 0.15) is 40.7 Å². The van der Waals surface area contributed by atoms with Crippen LogP contribution in [0.3, 0.4) is 0 Å². The van der Waals surface area contributed by atoms with Crippen molar-refractivity contribution in [3.8, 4) is 0 Å². The molecule has 0 bridgehead atoms. The van der Waals surface area contributed by atoms with E-state index in [1.54, 1.807) is 0 Å². The first kappa shape index (κ1) is 11.7. The topological polar surface area (TPSA) is 32.3 Å². The van der Waals surface area contributed by atoms with E-state index >= 15 is 0 Å². The number of carbonyl (C=O) groups excluding carboxylic acids is 1. The molecule has 3 rings (SSSR count). The van der Waals surface area contributed by atoms with Gasteiger partial charge in [0.05, 0.1) is 0 Å². The lowest BCUT2D eigenvalue weighted by atomic mass is 9.90. The monoisotopic (exact) mass is 244 g/mol. The average Bonchev–Trinajstić information content (AvgIpc) is 2.35. The van der Waals surface area contributed by atoms with E-state index in [2.05, 4.69) is 11.4 Å². The molecule has 0 aromatic heterocycles. The molecule has 96 valence electrons. The van der Waals surface area contributed by atoms with E-state index in [9.17, 15) is 4.79 Å². The number of nitrogens with one attached hydrogen (secondary N) is 1. The van der Waals surface area contributed by atoms with Gasteiger partial charge in [-0.3, -0.25) is 4.79 Å². The van der Waals surface area contributed by atoms with Crippen LogP contribution in [0, 0.1) is 0 Å². The van der Waals surface area contributed by atoms with Gasteiger partial charge in [-0.1, -0.05) is 12.1 Å². The summed E-state index contributed by atoms with van der Waals surface area (Å²) in [4.78, 5) is 14.5. The predicted molar refractivity (Wildman–Crippen MR) is 71.6 cm³/mol. The van der Waals surface area contributed by atoms with E-state index in [0.717, 1.165) is 25.1 Å². The number of nitrogens with zero attached hydrogens (tertiary/aromatic N) is 1. The van der Waals surface area contributed by atoms with Gasteiger partial charge >= 0.3 is 0 Å². The second-order valence-electron chi connectivity index (χ2n) is 5.37. The molecule has 2 aliphatic rings. The van der Waals surface area contributed by atoms with Gasteiger partial charge < -0.3 is 10.2 Å². The van der Waals surface area contributed by atoms with Crippen LogP contribution in [0.25, 0.3) is 0 Å². The summed E-state index contributed by atoms with van der Waals surface area (Å²) in [6, 6.07) is 6.59. The molecule has 1 saturated carbocycles. The van der Waals surface area contributed by atoms with Gasteiger partial charge in [0, 0.05) is 25.2 Å². The zero-order valence-electron chi connectivity index (χ0n) is 10.9. The van der Waals surface area contributed by atoms with Crippen LogP contribution in [-0.2, 0) is 13.0 Å². The van der Waals surface area contributed by atoms with Crippen LogP contribution >= 0.6 is 0 Å². The molecule has 0 atom stereocenters. The number of hydrogen-bond acceptors (Lipinski definition) is 2. The minimum absolute atomic E-state index is 0.207. The number of amides is 1. The lowest BCUT2D eigenvalue weighted by Crippen LogP contribution is -2.42. The molecule has 0 spiro atoms. The van der Waals surface area contributed by atoms with Crippen molar-refractivity contribution < 1.29 is 4.79 Å². The summed E-state index contributed by atoms with van der Waals surface area (Å²) in [5.41, 5.74) is 3.46. The van der Waals surface area contributed by atoms with Gasteiger partial charge in [-0.15, -0.1) is 0 Å². The highest BCUT2D eigenvalue weighted by molar-refractivity contribution is 5.96. The first-order valence-corrected chi connectivity index (χ1v) is 6.86. The lowest BCUT2D eigenvalue weighted by molar-refractivity contribution is 0.0650. The Hall–Kier alpha value is -1.35. The molecule has 0 radical (unpaired) electrons. The highest BCUT2D eigenvalue weighted by atomic mass is 16.2. The van der Waals surface area contributed by atoms with Gasteiger partial charge in [-0.25, -0.2) is 0 Å². The number of benzene rings is 1. The van der Waals surface area contributed by atoms with Crippen LogP contribution in [0.4, 0.5) is 0 Å². The van der Waals surface area contributed by atoms with Crippen LogP contribution in [-0.4, -0.2) is 30.4 Å². The molecule has 1 aromatic rings. The van der Waals surface area contributed by atoms with Crippen molar-refractivity contribution in [3.63, 3.8) is 0 Å². The molecule has 1 aliphatic heterocycles. The summed E-state index contributed by atoms with van der Waals surface area (Å²) in [5, 5.41) is 3.36. The number of rotatable bonds is 2. The van der Waals surface area contributed by atoms with Gasteiger partial charge in [0.15, 0.2) is 0 Å². The lowest BCUT2D eigenvalue weighted by Gasteiger charge is -2.35. The summed E-state index contributed by atoms with van der Waals surface area (Å²) in [6.07, 6.45) is 4.56. The standard InChI is InChI=1S/C15H20N2O/c1-17(12-5-3-6-12)15(18)14-7-2-4-11-10-16-9-8-13(11)14/h2,4,7,12,16H,3,5-6,8-10H2,1H3. The third kappa shape index (κ3) is 1.93. The molecule has 1 fully saturated rings. The molecule has 18 heavy (non-hydrogen) atoms. The van der Waals surface area contributed by atoms with Crippen LogP contribution in [0.5, 0.6) is 0 Å². The van der Waals surface area contributed by atoms with E-state index in [1.165, 1.54) is 30.4 Å². The molecule has 0 unspecified atom stereocenters. The second kappa shape index (κ2) is 4.73.